The van der Waals surface area contributed by atoms with E-state index in [0.717, 1.165) is 25.0 Å². The van der Waals surface area contributed by atoms with Crippen LogP contribution >= 0.6 is 0 Å². The van der Waals surface area contributed by atoms with Crippen LogP contribution in [0.25, 0.3) is 0 Å². The lowest BCUT2D eigenvalue weighted by Gasteiger charge is -2.18. The molecule has 0 saturated heterocycles. The van der Waals surface area contributed by atoms with Crippen LogP contribution in [0.1, 0.15) is 36.5 Å². The van der Waals surface area contributed by atoms with Gasteiger partial charge in [0.2, 0.25) is 13.1 Å². The Labute approximate surface area is 142 Å². The number of unbranched alkanes of at least 4 members (excludes halogenated alkanes) is 1. The van der Waals surface area contributed by atoms with E-state index in [1.54, 1.807) is 0 Å². The fraction of sp³-hybridized carbons (Fsp3) is 0.600. The highest BCUT2D eigenvalue weighted by atomic mass is 19.4. The van der Waals surface area contributed by atoms with Gasteiger partial charge in [-0.1, -0.05) is 13.3 Å². The smallest absolute Gasteiger partial charge is 0.385 e. The molecule has 0 aliphatic rings. The average molecular weight is 363 g/mol. The fourth-order valence-corrected chi connectivity index (χ4v) is 2.37. The highest BCUT2D eigenvalue weighted by Gasteiger charge is 2.32. The van der Waals surface area contributed by atoms with Crippen molar-refractivity contribution in [1.82, 2.24) is 0 Å². The zero-order valence-corrected chi connectivity index (χ0v) is 13.8. The van der Waals surface area contributed by atoms with Gasteiger partial charge in [0.1, 0.15) is 0 Å². The SMILES string of the molecule is CCCCNc1c(CC[N+](=O)[O-])cc(C(F)(F)F)cc1CC[N+](=O)[O-]. The van der Waals surface area contributed by atoms with Crippen LogP contribution in [0.15, 0.2) is 12.1 Å². The second kappa shape index (κ2) is 9.19. The third-order valence-corrected chi connectivity index (χ3v) is 3.59. The van der Waals surface area contributed by atoms with Gasteiger partial charge in [-0.15, -0.1) is 0 Å². The van der Waals surface area contributed by atoms with Gasteiger partial charge in [0.15, 0.2) is 0 Å². The van der Waals surface area contributed by atoms with Gasteiger partial charge >= 0.3 is 6.18 Å². The number of halogens is 3. The predicted octanol–water partition coefficient (Wildman–Crippen LogP) is 3.56. The average Bonchev–Trinajstić information content (AvgIpc) is 2.50. The number of nitrogens with one attached hydrogen (secondary N) is 1. The van der Waals surface area contributed by atoms with E-state index in [-0.39, 0.29) is 24.0 Å². The van der Waals surface area contributed by atoms with Crippen LogP contribution in [0, 0.1) is 20.2 Å². The maximum atomic E-state index is 13.1. The van der Waals surface area contributed by atoms with Gasteiger partial charge in [0.25, 0.3) is 0 Å². The molecule has 0 radical (unpaired) electrons. The number of hydrogen-bond donors (Lipinski definition) is 1. The molecule has 1 N–H and O–H groups in total. The van der Waals surface area contributed by atoms with Gasteiger partial charge in [0.05, 0.1) is 5.56 Å². The van der Waals surface area contributed by atoms with Crippen molar-refractivity contribution >= 4 is 5.69 Å². The molecule has 25 heavy (non-hydrogen) atoms. The van der Waals surface area contributed by atoms with Crippen molar-refractivity contribution in [3.05, 3.63) is 49.1 Å². The first-order valence-electron chi connectivity index (χ1n) is 7.85. The summed E-state index contributed by atoms with van der Waals surface area (Å²) in [6.07, 6.45) is -3.39. The van der Waals surface area contributed by atoms with Gasteiger partial charge in [-0.3, -0.25) is 20.2 Å². The number of alkyl halides is 3. The Bertz CT molecular complexity index is 582. The van der Waals surface area contributed by atoms with Gasteiger partial charge in [-0.25, -0.2) is 0 Å². The zero-order valence-electron chi connectivity index (χ0n) is 13.8. The van der Waals surface area contributed by atoms with Gasteiger partial charge in [0, 0.05) is 34.9 Å². The summed E-state index contributed by atoms with van der Waals surface area (Å²) in [4.78, 5) is 20.0. The van der Waals surface area contributed by atoms with Crippen LogP contribution in [-0.4, -0.2) is 29.5 Å². The first-order valence-corrected chi connectivity index (χ1v) is 7.85. The highest BCUT2D eigenvalue weighted by molar-refractivity contribution is 5.60. The summed E-state index contributed by atoms with van der Waals surface area (Å²) in [5.41, 5.74) is -0.308. The van der Waals surface area contributed by atoms with Crippen molar-refractivity contribution in [2.75, 3.05) is 25.0 Å². The molecule has 140 valence electrons. The predicted molar refractivity (Wildman–Crippen MR) is 86.0 cm³/mol. The number of anilines is 1. The number of hydrogen-bond acceptors (Lipinski definition) is 5. The van der Waals surface area contributed by atoms with E-state index in [2.05, 4.69) is 5.32 Å². The molecule has 1 rings (SSSR count). The van der Waals surface area contributed by atoms with Crippen LogP contribution in [-0.2, 0) is 19.0 Å². The Morgan fingerprint density at radius 3 is 1.88 bits per heavy atom. The molecule has 0 fully saturated rings. The van der Waals surface area contributed by atoms with Crippen LogP contribution in [0.4, 0.5) is 18.9 Å². The molecule has 0 heterocycles. The Morgan fingerprint density at radius 2 is 1.52 bits per heavy atom. The zero-order chi connectivity index (χ0) is 19.0. The summed E-state index contributed by atoms with van der Waals surface area (Å²) in [7, 11) is 0. The maximum absolute atomic E-state index is 13.1. The van der Waals surface area contributed by atoms with Crippen molar-refractivity contribution in [3.63, 3.8) is 0 Å². The summed E-state index contributed by atoms with van der Waals surface area (Å²) < 4.78 is 39.3. The van der Waals surface area contributed by atoms with E-state index in [1.807, 2.05) is 6.92 Å². The third-order valence-electron chi connectivity index (χ3n) is 3.59. The van der Waals surface area contributed by atoms with E-state index < -0.39 is 34.7 Å². The van der Waals surface area contributed by atoms with Crippen molar-refractivity contribution in [2.24, 2.45) is 0 Å². The molecule has 10 heteroatoms. The monoisotopic (exact) mass is 363 g/mol. The molecular weight excluding hydrogens is 343 g/mol. The highest BCUT2D eigenvalue weighted by Crippen LogP contribution is 2.35. The summed E-state index contributed by atoms with van der Waals surface area (Å²) in [6, 6.07) is 1.76. The number of nitrogens with zero attached hydrogens (tertiary/aromatic N) is 2. The molecule has 0 amide bonds. The van der Waals surface area contributed by atoms with E-state index in [4.69, 9.17) is 0 Å². The second-order valence-corrected chi connectivity index (χ2v) is 5.56. The molecule has 0 aliphatic carbocycles. The number of rotatable bonds is 10. The molecule has 0 aliphatic heterocycles. The molecule has 0 atom stereocenters. The fourth-order valence-electron chi connectivity index (χ4n) is 2.37. The lowest BCUT2D eigenvalue weighted by Crippen LogP contribution is -2.16. The van der Waals surface area contributed by atoms with Crippen LogP contribution in [0.3, 0.4) is 0 Å². The number of benzene rings is 1. The first kappa shape index (κ1) is 20.7. The third kappa shape index (κ3) is 6.94. The normalized spacial score (nSPS) is 11.4. The molecule has 1 aromatic carbocycles. The molecule has 7 nitrogen and oxygen atoms in total. The van der Waals surface area contributed by atoms with Crippen molar-refractivity contribution < 1.29 is 23.0 Å². The molecule has 0 spiro atoms. The summed E-state index contributed by atoms with van der Waals surface area (Å²) >= 11 is 0. The molecule has 0 saturated carbocycles. The van der Waals surface area contributed by atoms with Crippen molar-refractivity contribution in [2.45, 2.75) is 38.8 Å². The van der Waals surface area contributed by atoms with E-state index >= 15 is 0 Å². The number of nitro groups is 2. The Morgan fingerprint density at radius 1 is 1.04 bits per heavy atom. The van der Waals surface area contributed by atoms with Crippen molar-refractivity contribution in [1.29, 1.82) is 0 Å². The Kier molecular flexibility index (Phi) is 7.59. The quantitative estimate of drug-likeness (QED) is 0.389. The lowest BCUT2D eigenvalue weighted by atomic mass is 9.97. The minimum Gasteiger partial charge on any atom is -0.385 e. The first-order chi connectivity index (χ1) is 11.6. The van der Waals surface area contributed by atoms with E-state index in [9.17, 15) is 33.4 Å². The van der Waals surface area contributed by atoms with E-state index in [0.29, 0.717) is 12.2 Å². The van der Waals surface area contributed by atoms with E-state index in [1.165, 1.54) is 0 Å². The summed E-state index contributed by atoms with van der Waals surface area (Å²) in [6.45, 7) is 1.38. The van der Waals surface area contributed by atoms with Gasteiger partial charge < -0.3 is 5.32 Å². The van der Waals surface area contributed by atoms with Crippen LogP contribution in [0.5, 0.6) is 0 Å². The van der Waals surface area contributed by atoms with Crippen molar-refractivity contribution in [3.8, 4) is 0 Å². The van der Waals surface area contributed by atoms with Gasteiger partial charge in [-0.2, -0.15) is 13.2 Å². The second-order valence-electron chi connectivity index (χ2n) is 5.56. The Hall–Kier alpha value is -2.39. The minimum absolute atomic E-state index is 0.154. The van der Waals surface area contributed by atoms with Crippen LogP contribution in [0.2, 0.25) is 0 Å². The Balaban J connectivity index is 3.30. The summed E-state index contributed by atoms with van der Waals surface area (Å²) in [5.74, 6) is 0. The molecule has 0 unspecified atom stereocenters. The lowest BCUT2D eigenvalue weighted by molar-refractivity contribution is -0.479. The van der Waals surface area contributed by atoms with Gasteiger partial charge in [-0.05, 0) is 29.7 Å². The standard InChI is InChI=1S/C15H20F3N3O4/c1-2-3-6-19-14-11(4-7-20(22)23)9-13(15(16,17)18)10-12(14)5-8-21(24)25/h9-10,19H,2-8H2,1H3. The summed E-state index contributed by atoms with van der Waals surface area (Å²) in [5, 5.41) is 24.2. The maximum Gasteiger partial charge on any atom is 0.416 e. The molecule has 0 aromatic heterocycles. The largest absolute Gasteiger partial charge is 0.416 e. The molecular formula is C15H20F3N3O4. The van der Waals surface area contributed by atoms with Crippen LogP contribution < -0.4 is 5.32 Å². The molecule has 1 aromatic rings. The molecule has 0 bridgehead atoms. The minimum atomic E-state index is -4.63. The topological polar surface area (TPSA) is 98.3 Å².